The Morgan fingerprint density at radius 3 is 2.74 bits per heavy atom. The summed E-state index contributed by atoms with van der Waals surface area (Å²) in [6.07, 6.45) is -2.54. The number of benzene rings is 2. The Morgan fingerprint density at radius 1 is 1.16 bits per heavy atom. The van der Waals surface area contributed by atoms with Crippen LogP contribution in [0.2, 0.25) is 0 Å². The maximum absolute atomic E-state index is 13.9. The van der Waals surface area contributed by atoms with Gasteiger partial charge in [0, 0.05) is 12.6 Å². The van der Waals surface area contributed by atoms with Gasteiger partial charge < -0.3 is 10.1 Å². The molecule has 0 saturated carbocycles. The number of tetrazole rings is 1. The number of nitrogens with one attached hydrogen (secondary N) is 1. The first-order chi connectivity index (χ1) is 18.1. The van der Waals surface area contributed by atoms with Gasteiger partial charge in [-0.25, -0.2) is 9.07 Å². The van der Waals surface area contributed by atoms with Gasteiger partial charge >= 0.3 is 6.36 Å². The molecule has 0 unspecified atom stereocenters. The van der Waals surface area contributed by atoms with Crippen molar-refractivity contribution in [3.05, 3.63) is 71.2 Å². The number of hydrogen-bond acceptors (Lipinski definition) is 7. The number of nitrogens with zero attached hydrogens (tertiary/aromatic N) is 6. The minimum Gasteiger partial charge on any atom is -0.403 e. The van der Waals surface area contributed by atoms with E-state index in [0.29, 0.717) is 35.9 Å². The van der Waals surface area contributed by atoms with Crippen molar-refractivity contribution >= 4 is 23.5 Å². The number of ether oxygens (including phenoxy) is 1. The summed E-state index contributed by atoms with van der Waals surface area (Å²) >= 11 is 1.19. The minimum absolute atomic E-state index is 0.0576. The molecular weight excluding hydrogens is 526 g/mol. The van der Waals surface area contributed by atoms with E-state index in [1.54, 1.807) is 15.4 Å². The maximum Gasteiger partial charge on any atom is 0.573 e. The van der Waals surface area contributed by atoms with Crippen molar-refractivity contribution < 1.29 is 27.1 Å². The van der Waals surface area contributed by atoms with Crippen LogP contribution in [-0.2, 0) is 17.8 Å². The monoisotopic (exact) mass is 549 g/mol. The van der Waals surface area contributed by atoms with E-state index >= 15 is 0 Å². The largest absolute Gasteiger partial charge is 0.573 e. The number of rotatable bonds is 10. The van der Waals surface area contributed by atoms with Crippen LogP contribution in [0.25, 0.3) is 5.69 Å². The van der Waals surface area contributed by atoms with Crippen LogP contribution in [-0.4, -0.2) is 48.0 Å². The van der Waals surface area contributed by atoms with E-state index in [1.165, 1.54) is 24.0 Å². The molecule has 0 aliphatic carbocycles. The number of thioether (sulfide) groups is 1. The molecule has 2 heterocycles. The van der Waals surface area contributed by atoms with Crippen molar-refractivity contribution in [2.24, 2.45) is 0 Å². The number of amides is 1. The molecule has 1 amide bonds. The Bertz CT molecular complexity index is 1420. The molecule has 0 radical (unpaired) electrons. The number of anilines is 1. The summed E-state index contributed by atoms with van der Waals surface area (Å²) in [5, 5.41) is 19.3. The zero-order valence-corrected chi connectivity index (χ0v) is 21.2. The average molecular weight is 550 g/mol. The molecule has 0 spiro atoms. The highest BCUT2D eigenvalue weighted by Crippen LogP contribution is 2.27. The quantitative estimate of drug-likeness (QED) is 0.222. The van der Waals surface area contributed by atoms with Crippen molar-refractivity contribution in [2.45, 2.75) is 44.8 Å². The van der Waals surface area contributed by atoms with Crippen molar-refractivity contribution in [1.82, 2.24) is 30.0 Å². The van der Waals surface area contributed by atoms with E-state index in [1.807, 2.05) is 32.0 Å². The summed E-state index contributed by atoms with van der Waals surface area (Å²) in [7, 11) is 0. The molecule has 4 aromatic rings. The maximum atomic E-state index is 13.9. The topological polar surface area (TPSA) is 99.8 Å². The molecule has 0 bridgehead atoms. The van der Waals surface area contributed by atoms with Crippen LogP contribution in [0, 0.1) is 19.7 Å². The molecule has 2 aromatic carbocycles. The molecule has 0 saturated heterocycles. The Balaban J connectivity index is 1.30. The van der Waals surface area contributed by atoms with Gasteiger partial charge in [0.15, 0.2) is 11.6 Å². The molecule has 0 fully saturated rings. The molecular formula is C24H23F4N7O2S. The second kappa shape index (κ2) is 11.6. The van der Waals surface area contributed by atoms with Crippen molar-refractivity contribution in [1.29, 1.82) is 0 Å². The van der Waals surface area contributed by atoms with Crippen molar-refractivity contribution in [3.8, 4) is 11.4 Å². The third kappa shape index (κ3) is 6.88. The van der Waals surface area contributed by atoms with Crippen LogP contribution in [0.5, 0.6) is 5.75 Å². The zero-order chi connectivity index (χ0) is 27.3. The highest BCUT2D eigenvalue weighted by molar-refractivity contribution is 7.99. The zero-order valence-electron chi connectivity index (χ0n) is 20.4. The average Bonchev–Trinajstić information content (AvgIpc) is 3.50. The molecule has 2 aromatic heterocycles. The van der Waals surface area contributed by atoms with Crippen molar-refractivity contribution in [3.63, 3.8) is 0 Å². The predicted octanol–water partition coefficient (Wildman–Crippen LogP) is 4.88. The summed E-state index contributed by atoms with van der Waals surface area (Å²) in [6.45, 7) is 4.36. The lowest BCUT2D eigenvalue weighted by atomic mass is 10.1. The standard InChI is InChI=1S/C24H23F4N7O2S/c1-15-5-3-7-19(16(15)2)35-23(31-32-33-35)38-14-22(36)30-21-10-11-29-34(21)12-4-6-17-8-9-20(18(25)13-17)37-24(26,27)28/h3,5,7-11,13H,4,6,12,14H2,1-2H3,(H,30,36). The third-order valence-electron chi connectivity index (χ3n) is 5.62. The minimum atomic E-state index is -4.96. The molecule has 0 aliphatic heterocycles. The second-order valence-electron chi connectivity index (χ2n) is 8.28. The highest BCUT2D eigenvalue weighted by Gasteiger charge is 2.32. The third-order valence-corrected chi connectivity index (χ3v) is 6.54. The molecule has 0 atom stereocenters. The molecule has 1 N–H and O–H groups in total. The van der Waals surface area contributed by atoms with Gasteiger partial charge in [-0.15, -0.1) is 18.3 Å². The van der Waals surface area contributed by atoms with Gasteiger partial charge in [-0.3, -0.25) is 4.79 Å². The number of halogens is 4. The van der Waals surface area contributed by atoms with Gasteiger partial charge in [0.1, 0.15) is 5.82 Å². The summed E-state index contributed by atoms with van der Waals surface area (Å²) in [4.78, 5) is 12.6. The predicted molar refractivity (Wildman–Crippen MR) is 132 cm³/mol. The van der Waals surface area contributed by atoms with Gasteiger partial charge in [0.05, 0.1) is 17.6 Å². The van der Waals surface area contributed by atoms with Crippen LogP contribution in [0.3, 0.4) is 0 Å². The number of carbonyl (C=O) groups is 1. The molecule has 4 rings (SSSR count). The van der Waals surface area contributed by atoms with Crippen LogP contribution in [0.1, 0.15) is 23.1 Å². The molecule has 9 nitrogen and oxygen atoms in total. The van der Waals surface area contributed by atoms with Crippen LogP contribution in [0.4, 0.5) is 23.4 Å². The molecule has 14 heteroatoms. The summed E-state index contributed by atoms with van der Waals surface area (Å²) in [5.74, 6) is -1.71. The fraction of sp³-hybridized carbons (Fsp3) is 0.292. The lowest BCUT2D eigenvalue weighted by molar-refractivity contribution is -0.275. The Labute approximate surface area is 219 Å². The van der Waals surface area contributed by atoms with E-state index in [2.05, 4.69) is 30.7 Å². The van der Waals surface area contributed by atoms with Gasteiger partial charge in [-0.05, 0) is 72.0 Å². The first-order valence-electron chi connectivity index (χ1n) is 11.4. The normalized spacial score (nSPS) is 11.5. The van der Waals surface area contributed by atoms with Gasteiger partial charge in [0.25, 0.3) is 0 Å². The molecule has 200 valence electrons. The highest BCUT2D eigenvalue weighted by atomic mass is 32.2. The first-order valence-corrected chi connectivity index (χ1v) is 12.4. The number of alkyl halides is 3. The lowest BCUT2D eigenvalue weighted by Crippen LogP contribution is -2.18. The number of aryl methyl sites for hydroxylation is 3. The van der Waals surface area contributed by atoms with E-state index in [9.17, 15) is 22.4 Å². The lowest BCUT2D eigenvalue weighted by Gasteiger charge is -2.11. The summed E-state index contributed by atoms with van der Waals surface area (Å²) in [5.41, 5.74) is 3.46. The summed E-state index contributed by atoms with van der Waals surface area (Å²) < 4.78 is 57.7. The van der Waals surface area contributed by atoms with Gasteiger partial charge in [-0.1, -0.05) is 30.0 Å². The SMILES string of the molecule is Cc1cccc(-n2nnnc2SCC(=O)Nc2ccnn2CCCc2ccc(OC(F)(F)F)c(F)c2)c1C. The Kier molecular flexibility index (Phi) is 8.29. The van der Waals surface area contributed by atoms with Crippen LogP contribution < -0.4 is 10.1 Å². The number of aromatic nitrogens is 6. The molecule has 0 aliphatic rings. The smallest absolute Gasteiger partial charge is 0.403 e. The second-order valence-corrected chi connectivity index (χ2v) is 9.23. The van der Waals surface area contributed by atoms with Crippen molar-refractivity contribution in [2.75, 3.05) is 11.1 Å². The molecule has 38 heavy (non-hydrogen) atoms. The number of hydrogen-bond donors (Lipinski definition) is 1. The van der Waals surface area contributed by atoms with E-state index in [-0.39, 0.29) is 11.7 Å². The Hall–Kier alpha value is -3.94. The van der Waals surface area contributed by atoms with Crippen LogP contribution in [0.15, 0.2) is 53.8 Å². The van der Waals surface area contributed by atoms with Crippen LogP contribution >= 0.6 is 11.8 Å². The fourth-order valence-corrected chi connectivity index (χ4v) is 4.34. The van der Waals surface area contributed by atoms with Gasteiger partial charge in [0.2, 0.25) is 11.1 Å². The van der Waals surface area contributed by atoms with E-state index in [4.69, 9.17) is 0 Å². The summed E-state index contributed by atoms with van der Waals surface area (Å²) in [6, 6.07) is 10.8. The van der Waals surface area contributed by atoms with E-state index in [0.717, 1.165) is 28.9 Å². The fourth-order valence-electron chi connectivity index (χ4n) is 3.65. The van der Waals surface area contributed by atoms with Gasteiger partial charge in [-0.2, -0.15) is 9.78 Å². The Morgan fingerprint density at radius 2 is 1.97 bits per heavy atom. The first kappa shape index (κ1) is 27.1. The number of carbonyl (C=O) groups excluding carboxylic acids is 1. The van der Waals surface area contributed by atoms with E-state index < -0.39 is 17.9 Å².